The number of rotatable bonds is 4. The molecule has 0 aliphatic carbocycles. The largest absolute Gasteiger partial charge is 0.454 e. The number of hydrogen-bond donors (Lipinski definition) is 0. The van der Waals surface area contributed by atoms with E-state index in [4.69, 9.17) is 4.74 Å². The predicted molar refractivity (Wildman–Crippen MR) is 114 cm³/mol. The van der Waals surface area contributed by atoms with Crippen LogP contribution in [0.2, 0.25) is 0 Å². The van der Waals surface area contributed by atoms with Crippen LogP contribution >= 0.6 is 0 Å². The third-order valence-corrected chi connectivity index (χ3v) is 5.75. The number of alkyl halides is 2. The summed E-state index contributed by atoms with van der Waals surface area (Å²) in [6.07, 6.45) is 3.66. The molecule has 9 heteroatoms. The average Bonchev–Trinajstić information content (AvgIpc) is 3.00. The van der Waals surface area contributed by atoms with Gasteiger partial charge in [-0.2, -0.15) is 8.78 Å². The Balaban J connectivity index is 1.43. The first kappa shape index (κ1) is 20.3. The van der Waals surface area contributed by atoms with Gasteiger partial charge >= 0.3 is 12.5 Å². The van der Waals surface area contributed by atoms with Crippen LogP contribution in [-0.4, -0.2) is 25.1 Å². The monoisotopic (exact) mass is 438 g/mol. The van der Waals surface area contributed by atoms with Crippen molar-refractivity contribution in [3.05, 3.63) is 70.0 Å². The maximum absolute atomic E-state index is 13.6. The topological polar surface area (TPSA) is 79.0 Å². The molecule has 164 valence electrons. The van der Waals surface area contributed by atoms with Gasteiger partial charge in [0.2, 0.25) is 0 Å². The smallest absolute Gasteiger partial charge is 0.338 e. The lowest BCUT2D eigenvalue weighted by Gasteiger charge is -2.11. The van der Waals surface area contributed by atoms with Gasteiger partial charge in [-0.1, -0.05) is 18.6 Å². The summed E-state index contributed by atoms with van der Waals surface area (Å²) < 4.78 is 34.9. The highest BCUT2D eigenvalue weighted by atomic mass is 19.3. The van der Waals surface area contributed by atoms with Crippen molar-refractivity contribution in [2.75, 3.05) is 0 Å². The number of ether oxygens (including phenoxy) is 1. The molecule has 0 saturated heterocycles. The quantitative estimate of drug-likeness (QED) is 0.446. The van der Waals surface area contributed by atoms with E-state index in [0.29, 0.717) is 29.4 Å². The number of imidazole rings is 1. The molecule has 1 aliphatic rings. The Bertz CT molecular complexity index is 1390. The molecule has 5 rings (SSSR count). The van der Waals surface area contributed by atoms with Crippen molar-refractivity contribution in [1.29, 1.82) is 0 Å². The summed E-state index contributed by atoms with van der Waals surface area (Å²) in [4.78, 5) is 34.2. The summed E-state index contributed by atoms with van der Waals surface area (Å²) in [5.74, 6) is -0.0233. The first-order chi connectivity index (χ1) is 15.5. The minimum Gasteiger partial charge on any atom is -0.454 e. The molecule has 0 fully saturated rings. The van der Waals surface area contributed by atoms with Gasteiger partial charge in [0.05, 0.1) is 27.5 Å². The Morgan fingerprint density at radius 1 is 1.06 bits per heavy atom. The van der Waals surface area contributed by atoms with Crippen LogP contribution in [-0.2, 0) is 24.3 Å². The van der Waals surface area contributed by atoms with E-state index >= 15 is 0 Å². The number of esters is 1. The fraction of sp³-hybridized carbons (Fsp3) is 0.304. The number of nitrogens with zero attached hydrogens (tertiary/aromatic N) is 4. The minimum absolute atomic E-state index is 0.0444. The molecule has 0 radical (unpaired) electrons. The summed E-state index contributed by atoms with van der Waals surface area (Å²) in [5.41, 5.74) is 1.18. The van der Waals surface area contributed by atoms with Crippen molar-refractivity contribution in [1.82, 2.24) is 19.1 Å². The van der Waals surface area contributed by atoms with Crippen molar-refractivity contribution >= 4 is 27.9 Å². The summed E-state index contributed by atoms with van der Waals surface area (Å²) in [6.45, 7) is -2.58. The van der Waals surface area contributed by atoms with Crippen molar-refractivity contribution in [2.45, 2.75) is 45.4 Å². The highest BCUT2D eigenvalue weighted by molar-refractivity contribution is 5.94. The number of carbonyl (C=O) groups is 1. The van der Waals surface area contributed by atoms with E-state index in [1.165, 1.54) is 18.2 Å². The van der Waals surface area contributed by atoms with E-state index in [-0.39, 0.29) is 22.5 Å². The first-order valence-electron chi connectivity index (χ1n) is 10.5. The fourth-order valence-corrected chi connectivity index (χ4v) is 4.17. The summed E-state index contributed by atoms with van der Waals surface area (Å²) in [6, 6.07) is 11.1. The number of benzene rings is 2. The molecule has 0 N–H and O–H groups in total. The lowest BCUT2D eigenvalue weighted by Crippen LogP contribution is -2.24. The molecule has 0 atom stereocenters. The second-order valence-corrected chi connectivity index (χ2v) is 7.77. The molecule has 1 aliphatic heterocycles. The number of aryl methyl sites for hydroxylation is 1. The summed E-state index contributed by atoms with van der Waals surface area (Å²) >= 11 is 0. The molecule has 0 saturated carbocycles. The maximum atomic E-state index is 13.6. The summed E-state index contributed by atoms with van der Waals surface area (Å²) in [5, 5.41) is 0.437. The van der Waals surface area contributed by atoms with Crippen LogP contribution < -0.4 is 5.56 Å². The van der Waals surface area contributed by atoms with Gasteiger partial charge in [-0.05, 0) is 43.2 Å². The molecule has 2 aromatic heterocycles. The lowest BCUT2D eigenvalue weighted by atomic mass is 10.1. The Kier molecular flexibility index (Phi) is 5.16. The predicted octanol–water partition coefficient (Wildman–Crippen LogP) is 4.22. The molecule has 4 aromatic rings. The zero-order valence-electron chi connectivity index (χ0n) is 17.1. The molecule has 0 amide bonds. The number of carbonyl (C=O) groups excluding carboxylic acids is 1. The van der Waals surface area contributed by atoms with Crippen LogP contribution in [0.1, 0.15) is 47.8 Å². The van der Waals surface area contributed by atoms with Crippen molar-refractivity contribution in [3.8, 4) is 0 Å². The molecule has 0 bridgehead atoms. The van der Waals surface area contributed by atoms with Crippen LogP contribution in [0.5, 0.6) is 0 Å². The van der Waals surface area contributed by atoms with Crippen LogP contribution in [0.15, 0.2) is 47.3 Å². The molecule has 0 spiro atoms. The lowest BCUT2D eigenvalue weighted by molar-refractivity contribution is 0.0387. The van der Waals surface area contributed by atoms with Crippen molar-refractivity contribution in [2.24, 2.45) is 0 Å². The molecule has 32 heavy (non-hydrogen) atoms. The Morgan fingerprint density at radius 2 is 1.91 bits per heavy atom. The SMILES string of the molecule is O=C(OCc1nc2ccccc2n1C(F)F)c1ccc2c(=O)n3c(nc2c1)CCCCC3. The van der Waals surface area contributed by atoms with Gasteiger partial charge in [0.25, 0.3) is 5.56 Å². The van der Waals surface area contributed by atoms with Crippen LogP contribution in [0.4, 0.5) is 8.78 Å². The zero-order chi connectivity index (χ0) is 22.2. The number of fused-ring (bicyclic) bond motifs is 3. The van der Waals surface area contributed by atoms with Crippen LogP contribution in [0, 0.1) is 0 Å². The molecule has 0 unspecified atom stereocenters. The Hall–Kier alpha value is -3.62. The number of halogens is 2. The van der Waals surface area contributed by atoms with Gasteiger partial charge in [-0.3, -0.25) is 13.9 Å². The zero-order valence-corrected chi connectivity index (χ0v) is 17.1. The standard InChI is InChI=1S/C23H20F2N4O3/c24-23(25)29-18-7-4-3-6-16(18)26-20(29)13-32-22(31)14-9-10-15-17(12-14)27-19-8-2-1-5-11-28(19)21(15)30/h3-4,6-7,9-10,12,23H,1-2,5,8,11,13H2. The second-order valence-electron chi connectivity index (χ2n) is 7.77. The van der Waals surface area contributed by atoms with Crippen LogP contribution in [0.25, 0.3) is 21.9 Å². The van der Waals surface area contributed by atoms with Crippen LogP contribution in [0.3, 0.4) is 0 Å². The Morgan fingerprint density at radius 3 is 2.75 bits per heavy atom. The van der Waals surface area contributed by atoms with Crippen molar-refractivity contribution in [3.63, 3.8) is 0 Å². The molecular formula is C23H20F2N4O3. The van der Waals surface area contributed by atoms with Gasteiger partial charge in [-0.25, -0.2) is 14.8 Å². The third kappa shape index (κ3) is 3.53. The van der Waals surface area contributed by atoms with E-state index in [2.05, 4.69) is 9.97 Å². The molecular weight excluding hydrogens is 418 g/mol. The molecule has 3 heterocycles. The second kappa shape index (κ2) is 8.14. The van der Waals surface area contributed by atoms with E-state index in [9.17, 15) is 18.4 Å². The fourth-order valence-electron chi connectivity index (χ4n) is 4.17. The normalized spacial score (nSPS) is 14.0. The van der Waals surface area contributed by atoms with Gasteiger partial charge in [0.1, 0.15) is 12.4 Å². The van der Waals surface area contributed by atoms with E-state index in [0.717, 1.165) is 29.7 Å². The van der Waals surface area contributed by atoms with Crippen molar-refractivity contribution < 1.29 is 18.3 Å². The van der Waals surface area contributed by atoms with Gasteiger partial charge < -0.3 is 4.74 Å². The first-order valence-corrected chi connectivity index (χ1v) is 10.5. The molecule has 2 aromatic carbocycles. The number of para-hydroxylation sites is 2. The average molecular weight is 438 g/mol. The minimum atomic E-state index is -2.82. The van der Waals surface area contributed by atoms with Gasteiger partial charge in [0, 0.05) is 13.0 Å². The highest BCUT2D eigenvalue weighted by Gasteiger charge is 2.20. The van der Waals surface area contributed by atoms with E-state index < -0.39 is 19.1 Å². The van der Waals surface area contributed by atoms with E-state index in [1.807, 2.05) is 0 Å². The number of hydrogen-bond acceptors (Lipinski definition) is 5. The van der Waals surface area contributed by atoms with Gasteiger partial charge in [0.15, 0.2) is 5.82 Å². The molecule has 7 nitrogen and oxygen atoms in total. The number of aromatic nitrogens is 4. The van der Waals surface area contributed by atoms with Gasteiger partial charge in [-0.15, -0.1) is 0 Å². The summed E-state index contributed by atoms with van der Waals surface area (Å²) in [7, 11) is 0. The third-order valence-electron chi connectivity index (χ3n) is 5.75. The maximum Gasteiger partial charge on any atom is 0.338 e. The highest BCUT2D eigenvalue weighted by Crippen LogP contribution is 2.24. The van der Waals surface area contributed by atoms with E-state index in [1.54, 1.807) is 28.8 Å². The Labute approximate surface area is 181 Å².